The maximum absolute atomic E-state index is 12.2. The standard InChI is InChI=1S/C18H22N2O3S/c1-4-14-5-9-16(10-6-14)19-18(21)15-7-11-17(12-8-15)24(22,23)20-13(2)3/h5-13,20H,4H2,1-3H3,(H,19,21). The zero-order chi connectivity index (χ0) is 17.7. The first-order chi connectivity index (χ1) is 11.3. The molecule has 0 heterocycles. The first-order valence-corrected chi connectivity index (χ1v) is 9.33. The lowest BCUT2D eigenvalue weighted by molar-refractivity contribution is 0.102. The number of hydrogen-bond donors (Lipinski definition) is 2. The topological polar surface area (TPSA) is 75.3 Å². The molecule has 1 amide bonds. The molecule has 0 radical (unpaired) electrons. The van der Waals surface area contributed by atoms with Crippen molar-refractivity contribution in [3.8, 4) is 0 Å². The van der Waals surface area contributed by atoms with Gasteiger partial charge in [-0.2, -0.15) is 0 Å². The number of carbonyl (C=O) groups is 1. The van der Waals surface area contributed by atoms with E-state index >= 15 is 0 Å². The van der Waals surface area contributed by atoms with Crippen LogP contribution in [-0.4, -0.2) is 20.4 Å². The van der Waals surface area contributed by atoms with Crippen molar-refractivity contribution in [2.45, 2.75) is 38.1 Å². The van der Waals surface area contributed by atoms with Gasteiger partial charge in [0, 0.05) is 17.3 Å². The second-order valence-corrected chi connectivity index (χ2v) is 7.52. The van der Waals surface area contributed by atoms with E-state index in [4.69, 9.17) is 0 Å². The van der Waals surface area contributed by atoms with E-state index in [1.165, 1.54) is 29.8 Å². The Bertz CT molecular complexity index is 795. The third-order valence-electron chi connectivity index (χ3n) is 3.44. The molecule has 0 unspecified atom stereocenters. The Kier molecular flexibility index (Phi) is 5.75. The van der Waals surface area contributed by atoms with Gasteiger partial charge < -0.3 is 5.32 Å². The van der Waals surface area contributed by atoms with Gasteiger partial charge in [0.05, 0.1) is 4.90 Å². The Morgan fingerprint density at radius 2 is 1.58 bits per heavy atom. The van der Waals surface area contributed by atoms with Gasteiger partial charge in [-0.25, -0.2) is 13.1 Å². The third-order valence-corrected chi connectivity index (χ3v) is 5.11. The Balaban J connectivity index is 2.10. The summed E-state index contributed by atoms with van der Waals surface area (Å²) in [4.78, 5) is 12.4. The van der Waals surface area contributed by atoms with Crippen LogP contribution in [0.3, 0.4) is 0 Å². The molecule has 128 valence electrons. The summed E-state index contributed by atoms with van der Waals surface area (Å²) in [7, 11) is -3.55. The molecule has 0 aliphatic heterocycles. The molecule has 2 aromatic rings. The van der Waals surface area contributed by atoms with Crippen molar-refractivity contribution < 1.29 is 13.2 Å². The summed E-state index contributed by atoms with van der Waals surface area (Å²) in [6.45, 7) is 5.57. The van der Waals surface area contributed by atoms with Gasteiger partial charge in [-0.3, -0.25) is 4.79 Å². The van der Waals surface area contributed by atoms with E-state index < -0.39 is 10.0 Å². The van der Waals surface area contributed by atoms with Gasteiger partial charge in [-0.1, -0.05) is 19.1 Å². The molecule has 6 heteroatoms. The van der Waals surface area contributed by atoms with E-state index in [0.29, 0.717) is 11.3 Å². The van der Waals surface area contributed by atoms with E-state index in [-0.39, 0.29) is 16.8 Å². The van der Waals surface area contributed by atoms with Crippen molar-refractivity contribution in [2.75, 3.05) is 5.32 Å². The van der Waals surface area contributed by atoms with Gasteiger partial charge >= 0.3 is 0 Å². The molecule has 5 nitrogen and oxygen atoms in total. The first kappa shape index (κ1) is 18.2. The second kappa shape index (κ2) is 7.59. The van der Waals surface area contributed by atoms with Crippen LogP contribution in [0.5, 0.6) is 0 Å². The highest BCUT2D eigenvalue weighted by Crippen LogP contribution is 2.14. The van der Waals surface area contributed by atoms with Gasteiger partial charge in [0.1, 0.15) is 0 Å². The smallest absolute Gasteiger partial charge is 0.255 e. The number of sulfonamides is 1. The zero-order valence-corrected chi connectivity index (χ0v) is 14.9. The minimum absolute atomic E-state index is 0.139. The van der Waals surface area contributed by atoms with Crippen LogP contribution in [0.1, 0.15) is 36.7 Å². The zero-order valence-electron chi connectivity index (χ0n) is 14.0. The van der Waals surface area contributed by atoms with Crippen molar-refractivity contribution in [1.82, 2.24) is 4.72 Å². The van der Waals surface area contributed by atoms with Crippen LogP contribution in [0.25, 0.3) is 0 Å². The van der Waals surface area contributed by atoms with Crippen molar-refractivity contribution in [3.63, 3.8) is 0 Å². The molecule has 0 aliphatic rings. The number of hydrogen-bond acceptors (Lipinski definition) is 3. The number of nitrogens with one attached hydrogen (secondary N) is 2. The Hall–Kier alpha value is -2.18. The molecule has 0 fully saturated rings. The predicted octanol–water partition coefficient (Wildman–Crippen LogP) is 3.19. The Labute approximate surface area is 143 Å². The lowest BCUT2D eigenvalue weighted by atomic mass is 10.1. The van der Waals surface area contributed by atoms with Crippen LogP contribution in [0.4, 0.5) is 5.69 Å². The fourth-order valence-electron chi connectivity index (χ4n) is 2.19. The number of anilines is 1. The molecule has 24 heavy (non-hydrogen) atoms. The average molecular weight is 346 g/mol. The SMILES string of the molecule is CCc1ccc(NC(=O)c2ccc(S(=O)(=O)NC(C)C)cc2)cc1. The summed E-state index contributed by atoms with van der Waals surface area (Å²) in [5.41, 5.74) is 2.30. The molecule has 2 rings (SSSR count). The molecule has 0 aromatic heterocycles. The molecule has 0 spiro atoms. The monoisotopic (exact) mass is 346 g/mol. The quantitative estimate of drug-likeness (QED) is 0.843. The Morgan fingerprint density at radius 3 is 2.08 bits per heavy atom. The molecular formula is C18H22N2O3S. The predicted molar refractivity (Wildman–Crippen MR) is 95.7 cm³/mol. The van der Waals surface area contributed by atoms with E-state index in [1.807, 2.05) is 24.3 Å². The van der Waals surface area contributed by atoms with Gasteiger partial charge in [-0.15, -0.1) is 0 Å². The third kappa shape index (κ3) is 4.66. The number of aryl methyl sites for hydroxylation is 1. The van der Waals surface area contributed by atoms with Crippen molar-refractivity contribution in [3.05, 3.63) is 59.7 Å². The van der Waals surface area contributed by atoms with Gasteiger partial charge in [0.25, 0.3) is 5.91 Å². The molecule has 0 saturated carbocycles. The highest BCUT2D eigenvalue weighted by Gasteiger charge is 2.16. The van der Waals surface area contributed by atoms with Crippen LogP contribution < -0.4 is 10.0 Å². The molecular weight excluding hydrogens is 324 g/mol. The summed E-state index contributed by atoms with van der Waals surface area (Å²) >= 11 is 0. The van der Waals surface area contributed by atoms with E-state index in [9.17, 15) is 13.2 Å². The van der Waals surface area contributed by atoms with E-state index in [2.05, 4.69) is 17.0 Å². The molecule has 0 bridgehead atoms. The second-order valence-electron chi connectivity index (χ2n) is 5.80. The van der Waals surface area contributed by atoms with Crippen molar-refractivity contribution in [2.24, 2.45) is 0 Å². The summed E-state index contributed by atoms with van der Waals surface area (Å²) in [6.07, 6.45) is 0.939. The molecule has 0 atom stereocenters. The number of rotatable bonds is 6. The highest BCUT2D eigenvalue weighted by atomic mass is 32.2. The minimum Gasteiger partial charge on any atom is -0.322 e. The lowest BCUT2D eigenvalue weighted by Gasteiger charge is -2.10. The first-order valence-electron chi connectivity index (χ1n) is 7.84. The minimum atomic E-state index is -3.55. The van der Waals surface area contributed by atoms with E-state index in [1.54, 1.807) is 13.8 Å². The van der Waals surface area contributed by atoms with Gasteiger partial charge in [0.15, 0.2) is 0 Å². The average Bonchev–Trinajstić information content (AvgIpc) is 2.54. The van der Waals surface area contributed by atoms with E-state index in [0.717, 1.165) is 6.42 Å². The molecule has 0 aliphatic carbocycles. The fourth-order valence-corrected chi connectivity index (χ4v) is 3.44. The summed E-state index contributed by atoms with van der Waals surface area (Å²) in [5, 5.41) is 2.80. The molecule has 0 saturated heterocycles. The summed E-state index contributed by atoms with van der Waals surface area (Å²) in [6, 6.07) is 13.3. The maximum Gasteiger partial charge on any atom is 0.255 e. The summed E-state index contributed by atoms with van der Waals surface area (Å²) < 4.78 is 26.6. The lowest BCUT2D eigenvalue weighted by Crippen LogP contribution is -2.30. The number of amides is 1. The fraction of sp³-hybridized carbons (Fsp3) is 0.278. The van der Waals surface area contributed by atoms with Crippen molar-refractivity contribution >= 4 is 21.6 Å². The van der Waals surface area contributed by atoms with Gasteiger partial charge in [0.2, 0.25) is 10.0 Å². The molecule has 2 N–H and O–H groups in total. The normalized spacial score (nSPS) is 11.5. The Morgan fingerprint density at radius 1 is 1.00 bits per heavy atom. The van der Waals surface area contributed by atoms with Crippen LogP contribution >= 0.6 is 0 Å². The van der Waals surface area contributed by atoms with Crippen LogP contribution in [-0.2, 0) is 16.4 Å². The summed E-state index contributed by atoms with van der Waals surface area (Å²) in [5.74, 6) is -0.278. The van der Waals surface area contributed by atoms with Crippen LogP contribution in [0.15, 0.2) is 53.4 Å². The largest absolute Gasteiger partial charge is 0.322 e. The van der Waals surface area contributed by atoms with Gasteiger partial charge in [-0.05, 0) is 62.2 Å². The number of carbonyl (C=O) groups excluding carboxylic acids is 1. The highest BCUT2D eigenvalue weighted by molar-refractivity contribution is 7.89. The van der Waals surface area contributed by atoms with Crippen molar-refractivity contribution in [1.29, 1.82) is 0 Å². The number of benzene rings is 2. The maximum atomic E-state index is 12.2. The molecule has 2 aromatic carbocycles. The van der Waals surface area contributed by atoms with Crippen LogP contribution in [0.2, 0.25) is 0 Å². The van der Waals surface area contributed by atoms with Crippen LogP contribution in [0, 0.1) is 0 Å².